The highest BCUT2D eigenvalue weighted by atomic mass is 16.7. The Kier molecular flexibility index (Phi) is 5.11. The molecule has 0 aromatic heterocycles. The quantitative estimate of drug-likeness (QED) is 0.483. The van der Waals surface area contributed by atoms with Crippen LogP contribution in [0, 0.1) is 11.7 Å². The first kappa shape index (κ1) is 16.1. The van der Waals surface area contributed by atoms with Crippen molar-refractivity contribution in [2.24, 2.45) is 0 Å². The molecular formula is C17H23BO3. The first-order valence-corrected chi connectivity index (χ1v) is 7.36. The summed E-state index contributed by atoms with van der Waals surface area (Å²) in [6, 6.07) is 10.1. The standard InChI is InChI=1S/C17H23BO3/c1-16(2)17(3,4)21-18(20-16)12-8-9-13-19-14-15-10-6-5-7-11-15/h5-7,10-11H,9,13-14H2,1-4H3. The van der Waals surface area contributed by atoms with E-state index in [1.54, 1.807) is 0 Å². The van der Waals surface area contributed by atoms with Gasteiger partial charge in [-0.2, -0.15) is 0 Å². The van der Waals surface area contributed by atoms with Gasteiger partial charge in [0.25, 0.3) is 0 Å². The molecule has 3 nitrogen and oxygen atoms in total. The molecule has 0 aliphatic carbocycles. The highest BCUT2D eigenvalue weighted by molar-refractivity contribution is 6.55. The lowest BCUT2D eigenvalue weighted by Gasteiger charge is -2.32. The van der Waals surface area contributed by atoms with Gasteiger partial charge in [-0.05, 0) is 33.3 Å². The van der Waals surface area contributed by atoms with E-state index in [9.17, 15) is 0 Å². The minimum absolute atomic E-state index is 0.323. The number of rotatable bonds is 4. The molecule has 1 fully saturated rings. The van der Waals surface area contributed by atoms with Crippen LogP contribution in [-0.2, 0) is 20.7 Å². The second-order valence-corrected chi connectivity index (χ2v) is 6.20. The number of hydrogen-bond donors (Lipinski definition) is 0. The zero-order valence-electron chi connectivity index (χ0n) is 13.3. The molecule has 0 atom stereocenters. The monoisotopic (exact) mass is 286 g/mol. The molecule has 1 heterocycles. The lowest BCUT2D eigenvalue weighted by Crippen LogP contribution is -2.41. The van der Waals surface area contributed by atoms with E-state index in [2.05, 4.69) is 23.9 Å². The zero-order chi connectivity index (χ0) is 15.3. The molecule has 2 rings (SSSR count). The normalized spacial score (nSPS) is 19.1. The van der Waals surface area contributed by atoms with Crippen LogP contribution in [0.3, 0.4) is 0 Å². The Labute approximate surface area is 128 Å². The van der Waals surface area contributed by atoms with Gasteiger partial charge in [-0.15, -0.1) is 5.92 Å². The third-order valence-corrected chi connectivity index (χ3v) is 3.96. The van der Waals surface area contributed by atoms with Crippen LogP contribution >= 0.6 is 0 Å². The maximum Gasteiger partial charge on any atom is 0.551 e. The van der Waals surface area contributed by atoms with Gasteiger partial charge in [0, 0.05) is 6.42 Å². The Morgan fingerprint density at radius 1 is 1.05 bits per heavy atom. The summed E-state index contributed by atoms with van der Waals surface area (Å²) in [5.74, 6) is 6.08. The van der Waals surface area contributed by atoms with E-state index in [-0.39, 0.29) is 11.2 Å². The van der Waals surface area contributed by atoms with Gasteiger partial charge in [0.2, 0.25) is 0 Å². The summed E-state index contributed by atoms with van der Waals surface area (Å²) in [7, 11) is -0.441. The Morgan fingerprint density at radius 2 is 1.67 bits per heavy atom. The SMILES string of the molecule is CC1(C)OB(C#CCCOCc2ccccc2)OC1(C)C. The molecule has 1 aromatic rings. The van der Waals surface area contributed by atoms with Crippen LogP contribution in [0.2, 0.25) is 0 Å². The molecule has 0 amide bonds. The fourth-order valence-electron chi connectivity index (χ4n) is 1.94. The van der Waals surface area contributed by atoms with Crippen LogP contribution < -0.4 is 0 Å². The molecule has 0 bridgehead atoms. The van der Waals surface area contributed by atoms with Crippen LogP contribution in [0.5, 0.6) is 0 Å². The van der Waals surface area contributed by atoms with E-state index < -0.39 is 7.12 Å². The van der Waals surface area contributed by atoms with Crippen molar-refractivity contribution < 1.29 is 14.0 Å². The van der Waals surface area contributed by atoms with Crippen molar-refractivity contribution in [3.05, 3.63) is 35.9 Å². The second kappa shape index (κ2) is 6.66. The first-order valence-electron chi connectivity index (χ1n) is 7.36. The Hall–Kier alpha value is -1.28. The van der Waals surface area contributed by atoms with Crippen LogP contribution in [0.4, 0.5) is 0 Å². The van der Waals surface area contributed by atoms with E-state index >= 15 is 0 Å². The van der Waals surface area contributed by atoms with Crippen molar-refractivity contribution in [3.63, 3.8) is 0 Å². The molecule has 1 aliphatic rings. The molecule has 1 saturated heterocycles. The molecule has 0 unspecified atom stereocenters. The highest BCUT2D eigenvalue weighted by Gasteiger charge is 2.50. The Morgan fingerprint density at radius 3 is 2.29 bits per heavy atom. The summed E-state index contributed by atoms with van der Waals surface area (Å²) in [6.07, 6.45) is 0.677. The van der Waals surface area contributed by atoms with Gasteiger partial charge in [-0.1, -0.05) is 36.2 Å². The molecule has 0 radical (unpaired) electrons. The predicted molar refractivity (Wildman–Crippen MR) is 84.6 cm³/mol. The molecule has 1 aliphatic heterocycles. The van der Waals surface area contributed by atoms with Crippen LogP contribution in [-0.4, -0.2) is 24.9 Å². The third kappa shape index (κ3) is 4.34. The minimum atomic E-state index is -0.441. The van der Waals surface area contributed by atoms with Crippen molar-refractivity contribution in [1.29, 1.82) is 0 Å². The topological polar surface area (TPSA) is 27.7 Å². The molecule has 0 spiro atoms. The summed E-state index contributed by atoms with van der Waals surface area (Å²) in [4.78, 5) is 0. The van der Waals surface area contributed by atoms with Crippen molar-refractivity contribution >= 4 is 7.12 Å². The van der Waals surface area contributed by atoms with Gasteiger partial charge in [-0.25, -0.2) is 0 Å². The maximum atomic E-state index is 5.80. The van der Waals surface area contributed by atoms with E-state index in [0.29, 0.717) is 19.6 Å². The summed E-state index contributed by atoms with van der Waals surface area (Å²) in [5.41, 5.74) is 0.531. The predicted octanol–water partition coefficient (Wildman–Crippen LogP) is 3.23. The van der Waals surface area contributed by atoms with Crippen LogP contribution in [0.25, 0.3) is 0 Å². The summed E-state index contributed by atoms with van der Waals surface area (Å²) >= 11 is 0. The molecule has 112 valence electrons. The summed E-state index contributed by atoms with van der Waals surface area (Å²) in [5, 5.41) is 0. The molecule has 0 saturated carbocycles. The smallest absolute Gasteiger partial charge is 0.392 e. The van der Waals surface area contributed by atoms with Crippen molar-refractivity contribution in [2.45, 2.75) is 51.9 Å². The largest absolute Gasteiger partial charge is 0.551 e. The van der Waals surface area contributed by atoms with E-state index in [4.69, 9.17) is 14.0 Å². The fourth-order valence-corrected chi connectivity index (χ4v) is 1.94. The van der Waals surface area contributed by atoms with Gasteiger partial charge >= 0.3 is 7.12 Å². The lowest BCUT2D eigenvalue weighted by molar-refractivity contribution is 0.00578. The molecular weight excluding hydrogens is 263 g/mol. The van der Waals surface area contributed by atoms with Crippen molar-refractivity contribution in [2.75, 3.05) is 6.61 Å². The summed E-state index contributed by atoms with van der Waals surface area (Å²) < 4.78 is 17.2. The van der Waals surface area contributed by atoms with E-state index in [1.807, 2.05) is 45.9 Å². The molecule has 0 N–H and O–H groups in total. The molecule has 4 heteroatoms. The number of benzene rings is 1. The minimum Gasteiger partial charge on any atom is -0.392 e. The zero-order valence-corrected chi connectivity index (χ0v) is 13.3. The molecule has 1 aromatic carbocycles. The highest BCUT2D eigenvalue weighted by Crippen LogP contribution is 2.36. The van der Waals surface area contributed by atoms with Gasteiger partial charge in [-0.3, -0.25) is 0 Å². The van der Waals surface area contributed by atoms with Crippen molar-refractivity contribution in [3.8, 4) is 11.7 Å². The fraction of sp³-hybridized carbons (Fsp3) is 0.529. The number of hydrogen-bond acceptors (Lipinski definition) is 3. The van der Waals surface area contributed by atoms with E-state index in [1.165, 1.54) is 5.56 Å². The Balaban J connectivity index is 1.69. The third-order valence-electron chi connectivity index (χ3n) is 3.96. The van der Waals surface area contributed by atoms with Crippen LogP contribution in [0.1, 0.15) is 39.7 Å². The molecule has 21 heavy (non-hydrogen) atoms. The van der Waals surface area contributed by atoms with Gasteiger partial charge < -0.3 is 14.0 Å². The van der Waals surface area contributed by atoms with Crippen molar-refractivity contribution in [1.82, 2.24) is 0 Å². The van der Waals surface area contributed by atoms with E-state index in [0.717, 1.165) is 0 Å². The average molecular weight is 286 g/mol. The average Bonchev–Trinajstić information content (AvgIpc) is 2.63. The lowest BCUT2D eigenvalue weighted by atomic mass is 9.90. The number of ether oxygens (including phenoxy) is 1. The second-order valence-electron chi connectivity index (χ2n) is 6.20. The Bertz CT molecular complexity index is 498. The maximum absolute atomic E-state index is 5.80. The van der Waals surface area contributed by atoms with Gasteiger partial charge in [0.15, 0.2) is 0 Å². The first-order chi connectivity index (χ1) is 9.91. The van der Waals surface area contributed by atoms with Crippen LogP contribution in [0.15, 0.2) is 30.3 Å². The van der Waals surface area contributed by atoms with Gasteiger partial charge in [0.05, 0.1) is 24.4 Å². The summed E-state index contributed by atoms with van der Waals surface area (Å²) in [6.45, 7) is 9.34. The van der Waals surface area contributed by atoms with Gasteiger partial charge in [0.1, 0.15) is 0 Å².